The molecule has 0 aliphatic heterocycles. The van der Waals surface area contributed by atoms with E-state index in [1.165, 1.54) is 19.3 Å². The Morgan fingerprint density at radius 2 is 1.31 bits per heavy atom. The lowest BCUT2D eigenvalue weighted by atomic mass is 9.96. The average Bonchev–Trinajstić information content (AvgIpc) is 2.60. The van der Waals surface area contributed by atoms with Crippen LogP contribution in [0.3, 0.4) is 0 Å². The molecule has 1 rings (SSSR count). The van der Waals surface area contributed by atoms with Crippen molar-refractivity contribution in [1.82, 2.24) is 20.9 Å². The molecule has 0 radical (unpaired) electrons. The Morgan fingerprint density at radius 1 is 0.875 bits per heavy atom. The number of hydrogen-bond donors (Lipinski definition) is 4. The summed E-state index contributed by atoms with van der Waals surface area (Å²) in [7, 11) is 1.01. The Hall–Kier alpha value is 0.0569. The van der Waals surface area contributed by atoms with E-state index in [4.69, 9.17) is 0 Å². The van der Waals surface area contributed by atoms with Crippen LogP contribution in [0.1, 0.15) is 40.0 Å². The predicted octanol–water partition coefficient (Wildman–Crippen LogP) is -0.739. The summed E-state index contributed by atoms with van der Waals surface area (Å²) in [6.45, 7) is 9.56. The van der Waals surface area contributed by atoms with Crippen molar-refractivity contribution in [3.05, 3.63) is 0 Å². The van der Waals surface area contributed by atoms with Crippen molar-refractivity contribution in [3.8, 4) is 0 Å². The molecule has 16 heavy (non-hydrogen) atoms. The van der Waals surface area contributed by atoms with E-state index in [1.807, 2.05) is 0 Å². The molecular formula is C11H28N4Si. The molecular weight excluding hydrogens is 216 g/mol. The first-order chi connectivity index (χ1) is 7.70. The monoisotopic (exact) mass is 244 g/mol. The van der Waals surface area contributed by atoms with Gasteiger partial charge in [0.05, 0.1) is 16.1 Å². The highest BCUT2D eigenvalue weighted by molar-refractivity contribution is 6.05. The first-order valence-electron chi connectivity index (χ1n) is 6.64. The van der Waals surface area contributed by atoms with Crippen LogP contribution < -0.4 is 20.9 Å². The van der Waals surface area contributed by atoms with Gasteiger partial charge in [-0.15, -0.1) is 0 Å². The average molecular weight is 244 g/mol. The fourth-order valence-corrected chi connectivity index (χ4v) is 4.01. The summed E-state index contributed by atoms with van der Waals surface area (Å²) in [4.78, 5) is 3.64. The van der Waals surface area contributed by atoms with Gasteiger partial charge in [-0.05, 0) is 38.9 Å². The molecule has 1 saturated carbocycles. The van der Waals surface area contributed by atoms with Gasteiger partial charge in [-0.3, -0.25) is 16.0 Å². The van der Waals surface area contributed by atoms with Crippen LogP contribution in [0.5, 0.6) is 0 Å². The Kier molecular flexibility index (Phi) is 5.40. The maximum atomic E-state index is 3.67. The number of hydrogen-bond acceptors (Lipinski definition) is 4. The quantitative estimate of drug-likeness (QED) is 0.352. The Balaban J connectivity index is 2.92. The van der Waals surface area contributed by atoms with Gasteiger partial charge in [-0.25, -0.2) is 0 Å². The SMILES string of the molecule is CCNC1(N[SiH3])CCCC1(NCC)NCC. The Morgan fingerprint density at radius 3 is 1.75 bits per heavy atom. The molecule has 4 nitrogen and oxygen atoms in total. The molecule has 0 heterocycles. The van der Waals surface area contributed by atoms with E-state index in [-0.39, 0.29) is 11.3 Å². The van der Waals surface area contributed by atoms with Gasteiger partial charge in [0.25, 0.3) is 0 Å². The molecule has 0 aromatic carbocycles. The topological polar surface area (TPSA) is 48.1 Å². The zero-order valence-corrected chi connectivity index (χ0v) is 13.2. The lowest BCUT2D eigenvalue weighted by Gasteiger charge is -2.48. The van der Waals surface area contributed by atoms with Gasteiger partial charge in [-0.2, -0.15) is 0 Å². The second kappa shape index (κ2) is 6.12. The van der Waals surface area contributed by atoms with Crippen molar-refractivity contribution in [3.63, 3.8) is 0 Å². The van der Waals surface area contributed by atoms with Gasteiger partial charge in [0, 0.05) is 0 Å². The molecule has 0 spiro atoms. The van der Waals surface area contributed by atoms with Crippen molar-refractivity contribution >= 4 is 10.4 Å². The minimum atomic E-state index is 0.0221. The van der Waals surface area contributed by atoms with Crippen molar-refractivity contribution in [2.75, 3.05) is 19.6 Å². The summed E-state index contributed by atoms with van der Waals surface area (Å²) in [6.07, 6.45) is 3.66. The highest BCUT2D eigenvalue weighted by Crippen LogP contribution is 2.35. The number of likely N-dealkylation sites (N-methyl/N-ethyl adjacent to an activating group) is 3. The first-order valence-corrected chi connectivity index (χ1v) is 7.64. The van der Waals surface area contributed by atoms with E-state index in [0.717, 1.165) is 30.0 Å². The van der Waals surface area contributed by atoms with E-state index in [9.17, 15) is 0 Å². The zero-order chi connectivity index (χ0) is 12.1. The standard InChI is InChI=1S/C11H28N4Si/c1-4-12-10(13-5-2)8-7-9-11(10,15-16)14-6-3/h12-15H,4-9H2,1-3,16H3. The maximum absolute atomic E-state index is 3.67. The maximum Gasteiger partial charge on any atom is 0.100 e. The Bertz CT molecular complexity index is 206. The van der Waals surface area contributed by atoms with Crippen LogP contribution in [-0.2, 0) is 0 Å². The van der Waals surface area contributed by atoms with E-state index >= 15 is 0 Å². The molecule has 1 aliphatic rings. The molecule has 0 amide bonds. The van der Waals surface area contributed by atoms with Gasteiger partial charge in [0.15, 0.2) is 0 Å². The van der Waals surface area contributed by atoms with Gasteiger partial charge in [-0.1, -0.05) is 20.8 Å². The van der Waals surface area contributed by atoms with Crippen molar-refractivity contribution in [1.29, 1.82) is 0 Å². The third-order valence-corrected chi connectivity index (χ3v) is 4.55. The third kappa shape index (κ3) is 2.33. The summed E-state index contributed by atoms with van der Waals surface area (Å²) in [5, 5.41) is 11.0. The summed E-state index contributed by atoms with van der Waals surface area (Å²) in [5.74, 6) is 0. The van der Waals surface area contributed by atoms with Gasteiger partial charge in [0.1, 0.15) is 5.66 Å². The molecule has 0 aromatic heterocycles. The van der Waals surface area contributed by atoms with Gasteiger partial charge < -0.3 is 4.98 Å². The van der Waals surface area contributed by atoms with E-state index in [1.54, 1.807) is 0 Å². The summed E-state index contributed by atoms with van der Waals surface area (Å²) in [5.41, 5.74) is 0.0637. The van der Waals surface area contributed by atoms with Gasteiger partial charge >= 0.3 is 0 Å². The highest BCUT2D eigenvalue weighted by atomic mass is 28.2. The lowest BCUT2D eigenvalue weighted by molar-refractivity contribution is 0.115. The number of nitrogens with one attached hydrogen (secondary N) is 4. The predicted molar refractivity (Wildman–Crippen MR) is 73.4 cm³/mol. The summed E-state index contributed by atoms with van der Waals surface area (Å²) < 4.78 is 0. The molecule has 1 unspecified atom stereocenters. The molecule has 96 valence electrons. The van der Waals surface area contributed by atoms with E-state index in [2.05, 4.69) is 41.7 Å². The smallest absolute Gasteiger partial charge is 0.100 e. The van der Waals surface area contributed by atoms with Crippen LogP contribution in [-0.4, -0.2) is 41.4 Å². The highest BCUT2D eigenvalue weighted by Gasteiger charge is 2.52. The lowest BCUT2D eigenvalue weighted by Crippen LogP contribution is -2.78. The fourth-order valence-electron chi connectivity index (χ4n) is 3.16. The third-order valence-electron chi connectivity index (χ3n) is 3.69. The van der Waals surface area contributed by atoms with Crippen LogP contribution in [0.25, 0.3) is 0 Å². The van der Waals surface area contributed by atoms with Crippen LogP contribution in [0.15, 0.2) is 0 Å². The molecule has 0 aromatic rings. The summed E-state index contributed by atoms with van der Waals surface area (Å²) >= 11 is 0. The fraction of sp³-hybridized carbons (Fsp3) is 1.00. The Labute approximate surface area is 103 Å². The summed E-state index contributed by atoms with van der Waals surface area (Å²) in [6, 6.07) is 0. The molecule has 0 saturated heterocycles. The van der Waals surface area contributed by atoms with Crippen LogP contribution in [0.2, 0.25) is 0 Å². The molecule has 5 heteroatoms. The molecule has 4 N–H and O–H groups in total. The normalized spacial score (nSPS) is 28.7. The van der Waals surface area contributed by atoms with Crippen LogP contribution in [0, 0.1) is 0 Å². The zero-order valence-electron chi connectivity index (χ0n) is 11.2. The molecule has 1 atom stereocenters. The van der Waals surface area contributed by atoms with Crippen molar-refractivity contribution < 1.29 is 0 Å². The van der Waals surface area contributed by atoms with Crippen LogP contribution in [0.4, 0.5) is 0 Å². The van der Waals surface area contributed by atoms with Crippen molar-refractivity contribution in [2.45, 2.75) is 51.4 Å². The number of rotatable bonds is 7. The molecule has 1 fully saturated rings. The van der Waals surface area contributed by atoms with Gasteiger partial charge in [0.2, 0.25) is 0 Å². The first kappa shape index (κ1) is 14.1. The van der Waals surface area contributed by atoms with E-state index in [0.29, 0.717) is 0 Å². The minimum Gasteiger partial charge on any atom is -0.326 e. The largest absolute Gasteiger partial charge is 0.326 e. The second-order valence-corrected chi connectivity index (χ2v) is 5.01. The molecule has 1 aliphatic carbocycles. The molecule has 0 bridgehead atoms. The second-order valence-electron chi connectivity index (χ2n) is 4.51. The van der Waals surface area contributed by atoms with Crippen molar-refractivity contribution in [2.24, 2.45) is 0 Å². The minimum absolute atomic E-state index is 0.0221. The van der Waals surface area contributed by atoms with E-state index < -0.39 is 0 Å². The van der Waals surface area contributed by atoms with Crippen LogP contribution >= 0.6 is 0 Å².